The quantitative estimate of drug-likeness (QED) is 0.912. The second-order valence-corrected chi connectivity index (χ2v) is 5.40. The van der Waals surface area contributed by atoms with Crippen LogP contribution in [0.25, 0.3) is 0 Å². The van der Waals surface area contributed by atoms with Gasteiger partial charge in [0.1, 0.15) is 5.75 Å². The number of fused-ring (bicyclic) bond motifs is 1. The van der Waals surface area contributed by atoms with Gasteiger partial charge < -0.3 is 15.8 Å². The fourth-order valence-electron chi connectivity index (χ4n) is 2.38. The lowest BCUT2D eigenvalue weighted by molar-refractivity contribution is -0.122. The molecule has 3 N–H and O–H groups in total. The second-order valence-electron chi connectivity index (χ2n) is 4.96. The summed E-state index contributed by atoms with van der Waals surface area (Å²) in [4.78, 5) is 23.7. The maximum absolute atomic E-state index is 12.3. The molecule has 0 fully saturated rings. The summed E-state index contributed by atoms with van der Waals surface area (Å²) < 4.78 is 5.61. The summed E-state index contributed by atoms with van der Waals surface area (Å²) in [6, 6.07) is 11.8. The van der Waals surface area contributed by atoms with E-state index in [-0.39, 0.29) is 11.5 Å². The molecule has 5 nitrogen and oxygen atoms in total. The second kappa shape index (κ2) is 5.69. The van der Waals surface area contributed by atoms with Crippen LogP contribution in [0.1, 0.15) is 15.9 Å². The van der Waals surface area contributed by atoms with Crippen LogP contribution < -0.4 is 15.8 Å². The van der Waals surface area contributed by atoms with Crippen molar-refractivity contribution in [3.05, 3.63) is 58.6 Å². The molecule has 0 aromatic heterocycles. The summed E-state index contributed by atoms with van der Waals surface area (Å²) in [5, 5.41) is 3.29. The predicted molar refractivity (Wildman–Crippen MR) is 83.2 cm³/mol. The van der Waals surface area contributed by atoms with E-state index >= 15 is 0 Å². The predicted octanol–water partition coefficient (Wildman–Crippen LogP) is 2.38. The average molecular weight is 317 g/mol. The Morgan fingerprint density at radius 1 is 1.23 bits per heavy atom. The van der Waals surface area contributed by atoms with Crippen LogP contribution >= 0.6 is 11.6 Å². The minimum Gasteiger partial charge on any atom is -0.480 e. The number of benzene rings is 2. The van der Waals surface area contributed by atoms with Gasteiger partial charge in [-0.1, -0.05) is 23.7 Å². The molecule has 0 saturated carbocycles. The number of nitrogens with one attached hydrogen (secondary N) is 1. The summed E-state index contributed by atoms with van der Waals surface area (Å²) in [5.41, 5.74) is 6.81. The number of hydrogen-bond acceptors (Lipinski definition) is 3. The molecule has 0 saturated heterocycles. The van der Waals surface area contributed by atoms with Crippen LogP contribution in [0, 0.1) is 0 Å². The molecule has 2 amide bonds. The Labute approximate surface area is 132 Å². The number of hydrogen-bond donors (Lipinski definition) is 2. The third-order valence-electron chi connectivity index (χ3n) is 3.44. The van der Waals surface area contributed by atoms with E-state index in [0.717, 1.165) is 5.56 Å². The van der Waals surface area contributed by atoms with Crippen LogP contribution in [0.3, 0.4) is 0 Å². The van der Waals surface area contributed by atoms with E-state index in [1.54, 1.807) is 42.5 Å². The highest BCUT2D eigenvalue weighted by Crippen LogP contribution is 2.31. The maximum atomic E-state index is 12.3. The zero-order valence-corrected chi connectivity index (χ0v) is 12.3. The van der Waals surface area contributed by atoms with E-state index in [9.17, 15) is 9.59 Å². The molecule has 2 aromatic rings. The summed E-state index contributed by atoms with van der Waals surface area (Å²) in [5.74, 6) is -0.285. The van der Waals surface area contributed by atoms with Crippen LogP contribution in [0.15, 0.2) is 42.5 Å². The van der Waals surface area contributed by atoms with E-state index in [2.05, 4.69) is 5.32 Å². The van der Waals surface area contributed by atoms with Crippen LogP contribution in [0.2, 0.25) is 5.02 Å². The average Bonchev–Trinajstić information content (AvgIpc) is 2.90. The molecule has 0 radical (unpaired) electrons. The first-order valence-corrected chi connectivity index (χ1v) is 7.07. The lowest BCUT2D eigenvalue weighted by Gasteiger charge is -2.13. The highest BCUT2D eigenvalue weighted by Gasteiger charge is 2.29. The largest absolute Gasteiger partial charge is 0.480 e. The van der Waals surface area contributed by atoms with Crippen molar-refractivity contribution >= 4 is 29.1 Å². The number of para-hydroxylation sites is 1. The molecule has 112 valence electrons. The van der Waals surface area contributed by atoms with Gasteiger partial charge in [-0.3, -0.25) is 9.59 Å². The van der Waals surface area contributed by atoms with Crippen molar-refractivity contribution < 1.29 is 14.3 Å². The topological polar surface area (TPSA) is 81.4 Å². The number of anilines is 1. The molecular weight excluding hydrogens is 304 g/mol. The Bertz CT molecular complexity index is 761. The van der Waals surface area contributed by atoms with Gasteiger partial charge in [0.05, 0.1) is 11.3 Å². The van der Waals surface area contributed by atoms with Crippen molar-refractivity contribution in [1.29, 1.82) is 0 Å². The highest BCUT2D eigenvalue weighted by molar-refractivity contribution is 6.30. The van der Waals surface area contributed by atoms with Gasteiger partial charge in [0.15, 0.2) is 6.10 Å². The molecule has 2 aromatic carbocycles. The van der Waals surface area contributed by atoms with Gasteiger partial charge in [-0.25, -0.2) is 0 Å². The Kier molecular flexibility index (Phi) is 3.73. The number of rotatable bonds is 3. The summed E-state index contributed by atoms with van der Waals surface area (Å²) >= 11 is 5.93. The standard InChI is InChI=1S/C16H13ClN2O3/c17-10-5-6-13-9(7-10)8-14(22-13)16(21)19-12-4-2-1-3-11(12)15(18)20/h1-7,14H,8H2,(H2,18,20)(H,19,21)/t14-/m1/s1. The van der Waals surface area contributed by atoms with Gasteiger partial charge in [-0.15, -0.1) is 0 Å². The Morgan fingerprint density at radius 2 is 2.00 bits per heavy atom. The van der Waals surface area contributed by atoms with Gasteiger partial charge in [0.2, 0.25) is 0 Å². The fraction of sp³-hybridized carbons (Fsp3) is 0.125. The molecule has 0 bridgehead atoms. The summed E-state index contributed by atoms with van der Waals surface area (Å²) in [6.45, 7) is 0. The first kappa shape index (κ1) is 14.4. The minimum atomic E-state index is -0.658. The fourth-order valence-corrected chi connectivity index (χ4v) is 2.58. The van der Waals surface area contributed by atoms with Crippen molar-refractivity contribution in [2.24, 2.45) is 5.73 Å². The smallest absolute Gasteiger partial charge is 0.265 e. The van der Waals surface area contributed by atoms with Crippen molar-refractivity contribution in [3.63, 3.8) is 0 Å². The molecule has 1 atom stereocenters. The molecular formula is C16H13ClN2O3. The van der Waals surface area contributed by atoms with Crippen molar-refractivity contribution in [1.82, 2.24) is 0 Å². The van der Waals surface area contributed by atoms with Gasteiger partial charge in [0.25, 0.3) is 11.8 Å². The lowest BCUT2D eigenvalue weighted by Crippen LogP contribution is -2.32. The number of ether oxygens (including phenoxy) is 1. The number of halogens is 1. The van der Waals surface area contributed by atoms with E-state index in [4.69, 9.17) is 22.1 Å². The Balaban J connectivity index is 1.76. The minimum absolute atomic E-state index is 0.259. The zero-order chi connectivity index (χ0) is 15.7. The maximum Gasteiger partial charge on any atom is 0.265 e. The molecule has 1 aliphatic heterocycles. The monoisotopic (exact) mass is 316 g/mol. The van der Waals surface area contributed by atoms with Gasteiger partial charge in [-0.05, 0) is 35.9 Å². The molecule has 3 rings (SSSR count). The van der Waals surface area contributed by atoms with Crippen molar-refractivity contribution in [2.45, 2.75) is 12.5 Å². The molecule has 1 aliphatic rings. The summed E-state index contributed by atoms with van der Waals surface area (Å²) in [6.07, 6.45) is -0.227. The number of carbonyl (C=O) groups excluding carboxylic acids is 2. The van der Waals surface area contributed by atoms with E-state index < -0.39 is 12.0 Å². The van der Waals surface area contributed by atoms with E-state index in [0.29, 0.717) is 22.9 Å². The van der Waals surface area contributed by atoms with E-state index in [1.165, 1.54) is 0 Å². The molecule has 6 heteroatoms. The third kappa shape index (κ3) is 2.76. The number of carbonyl (C=O) groups is 2. The van der Waals surface area contributed by atoms with Crippen LogP contribution in [0.4, 0.5) is 5.69 Å². The van der Waals surface area contributed by atoms with Crippen LogP contribution in [-0.2, 0) is 11.2 Å². The van der Waals surface area contributed by atoms with Gasteiger partial charge in [0, 0.05) is 11.4 Å². The van der Waals surface area contributed by atoms with Crippen LogP contribution in [-0.4, -0.2) is 17.9 Å². The third-order valence-corrected chi connectivity index (χ3v) is 3.67. The Hall–Kier alpha value is -2.53. The molecule has 0 unspecified atom stereocenters. The molecule has 1 heterocycles. The normalized spacial score (nSPS) is 15.8. The number of nitrogens with two attached hydrogens (primary N) is 1. The van der Waals surface area contributed by atoms with E-state index in [1.807, 2.05) is 0 Å². The number of amides is 2. The zero-order valence-electron chi connectivity index (χ0n) is 11.5. The molecule has 0 aliphatic carbocycles. The van der Waals surface area contributed by atoms with Gasteiger partial charge >= 0.3 is 0 Å². The molecule has 0 spiro atoms. The van der Waals surface area contributed by atoms with Gasteiger partial charge in [-0.2, -0.15) is 0 Å². The highest BCUT2D eigenvalue weighted by atomic mass is 35.5. The lowest BCUT2D eigenvalue weighted by atomic mass is 10.1. The number of primary amides is 1. The first-order valence-electron chi connectivity index (χ1n) is 6.69. The first-order chi connectivity index (χ1) is 10.5. The molecule has 22 heavy (non-hydrogen) atoms. The van der Waals surface area contributed by atoms with Crippen molar-refractivity contribution in [2.75, 3.05) is 5.32 Å². The van der Waals surface area contributed by atoms with Crippen molar-refractivity contribution in [3.8, 4) is 5.75 Å². The summed E-state index contributed by atoms with van der Waals surface area (Å²) in [7, 11) is 0. The Morgan fingerprint density at radius 3 is 2.77 bits per heavy atom. The van der Waals surface area contributed by atoms with Crippen LogP contribution in [0.5, 0.6) is 5.75 Å². The SMILES string of the molecule is NC(=O)c1ccccc1NC(=O)[C@H]1Cc2cc(Cl)ccc2O1.